The quantitative estimate of drug-likeness (QED) is 0.755. The molecule has 0 bridgehead atoms. The van der Waals surface area contributed by atoms with Crippen LogP contribution in [0.15, 0.2) is 0 Å². The Morgan fingerprint density at radius 2 is 2.00 bits per heavy atom. The molecule has 2 atom stereocenters. The van der Waals surface area contributed by atoms with Gasteiger partial charge in [0.1, 0.15) is 0 Å². The van der Waals surface area contributed by atoms with Crippen molar-refractivity contribution < 1.29 is 4.74 Å². The molecule has 1 rings (SSSR count). The van der Waals surface area contributed by atoms with E-state index in [0.717, 1.165) is 32.4 Å². The van der Waals surface area contributed by atoms with Gasteiger partial charge in [-0.2, -0.15) is 0 Å². The molecule has 2 N–H and O–H groups in total. The summed E-state index contributed by atoms with van der Waals surface area (Å²) in [4.78, 5) is 2.46. The third kappa shape index (κ3) is 2.35. The Balaban J connectivity index is 2.74. The van der Waals surface area contributed by atoms with Crippen molar-refractivity contribution >= 4 is 0 Å². The molecule has 1 fully saturated rings. The molecular weight excluding hydrogens is 188 g/mol. The van der Waals surface area contributed by atoms with Crippen LogP contribution in [0.5, 0.6) is 0 Å². The maximum absolute atomic E-state index is 5.96. The van der Waals surface area contributed by atoms with Gasteiger partial charge in [-0.25, -0.2) is 0 Å². The van der Waals surface area contributed by atoms with Crippen LogP contribution in [0.2, 0.25) is 0 Å². The molecule has 2 unspecified atom stereocenters. The molecule has 0 aliphatic carbocycles. The Labute approximate surface area is 94.0 Å². The Morgan fingerprint density at radius 1 is 1.40 bits per heavy atom. The fourth-order valence-electron chi connectivity index (χ4n) is 2.76. The minimum absolute atomic E-state index is 0.159. The summed E-state index contributed by atoms with van der Waals surface area (Å²) >= 11 is 0. The predicted octanol–water partition coefficient (Wildman–Crippen LogP) is 1.61. The first-order chi connectivity index (χ1) is 7.11. The molecule has 0 aromatic heterocycles. The molecule has 0 aromatic rings. The topological polar surface area (TPSA) is 38.5 Å². The minimum Gasteiger partial charge on any atom is -0.377 e. The lowest BCUT2D eigenvalue weighted by Crippen LogP contribution is -2.56. The molecule has 1 aliphatic rings. The summed E-state index contributed by atoms with van der Waals surface area (Å²) in [7, 11) is 2.20. The fraction of sp³-hybridized carbons (Fsp3) is 1.00. The molecule has 1 heterocycles. The number of hydrogen-bond acceptors (Lipinski definition) is 3. The van der Waals surface area contributed by atoms with E-state index >= 15 is 0 Å². The normalized spacial score (nSPS) is 27.6. The Morgan fingerprint density at radius 3 is 2.33 bits per heavy atom. The molecule has 0 radical (unpaired) electrons. The lowest BCUT2D eigenvalue weighted by molar-refractivity contribution is 0.0239. The average Bonchev–Trinajstić information content (AvgIpc) is 2.67. The van der Waals surface area contributed by atoms with Crippen LogP contribution in [0.3, 0.4) is 0 Å². The Kier molecular flexibility index (Phi) is 4.56. The number of likely N-dealkylation sites (N-methyl/N-ethyl adjacent to an activating group) is 1. The van der Waals surface area contributed by atoms with Gasteiger partial charge < -0.3 is 10.5 Å². The highest BCUT2D eigenvalue weighted by Gasteiger charge is 2.38. The summed E-state index contributed by atoms with van der Waals surface area (Å²) in [5.74, 6) is 0. The summed E-state index contributed by atoms with van der Waals surface area (Å²) in [5, 5.41) is 0. The van der Waals surface area contributed by atoms with Gasteiger partial charge in [0.2, 0.25) is 0 Å². The SMILES string of the molecule is CCC(CC)(CN)N(C)C1CCOC1C. The molecule has 3 nitrogen and oxygen atoms in total. The van der Waals surface area contributed by atoms with Gasteiger partial charge in [-0.05, 0) is 33.2 Å². The maximum atomic E-state index is 5.96. The second-order valence-corrected chi connectivity index (χ2v) is 4.68. The van der Waals surface area contributed by atoms with Crippen LogP contribution in [0.25, 0.3) is 0 Å². The fourth-order valence-corrected chi connectivity index (χ4v) is 2.76. The molecule has 15 heavy (non-hydrogen) atoms. The van der Waals surface area contributed by atoms with Gasteiger partial charge in [0.25, 0.3) is 0 Å². The van der Waals surface area contributed by atoms with Crippen LogP contribution in [0.4, 0.5) is 0 Å². The molecule has 0 saturated carbocycles. The lowest BCUT2D eigenvalue weighted by Gasteiger charge is -2.44. The van der Waals surface area contributed by atoms with E-state index in [1.807, 2.05) is 0 Å². The van der Waals surface area contributed by atoms with Gasteiger partial charge in [0.15, 0.2) is 0 Å². The van der Waals surface area contributed by atoms with Crippen LogP contribution in [-0.4, -0.2) is 42.8 Å². The van der Waals surface area contributed by atoms with Crippen molar-refractivity contribution in [3.8, 4) is 0 Å². The zero-order valence-corrected chi connectivity index (χ0v) is 10.6. The van der Waals surface area contributed by atoms with E-state index in [9.17, 15) is 0 Å². The standard InChI is InChI=1S/C12H26N2O/c1-5-12(6-2,9-13)14(4)11-7-8-15-10(11)3/h10-11H,5-9,13H2,1-4H3. The molecule has 0 amide bonds. The van der Waals surface area contributed by atoms with Crippen molar-refractivity contribution in [3.63, 3.8) is 0 Å². The van der Waals surface area contributed by atoms with Crippen LogP contribution < -0.4 is 5.73 Å². The lowest BCUT2D eigenvalue weighted by atomic mass is 9.88. The van der Waals surface area contributed by atoms with Crippen LogP contribution >= 0.6 is 0 Å². The van der Waals surface area contributed by atoms with Crippen molar-refractivity contribution in [2.24, 2.45) is 5.73 Å². The minimum atomic E-state index is 0.159. The summed E-state index contributed by atoms with van der Waals surface area (Å²) in [6, 6.07) is 0.536. The molecule has 3 heteroatoms. The van der Waals surface area contributed by atoms with Crippen molar-refractivity contribution in [2.45, 2.75) is 57.7 Å². The van der Waals surface area contributed by atoms with Gasteiger partial charge in [0.05, 0.1) is 6.10 Å². The van der Waals surface area contributed by atoms with E-state index in [2.05, 4.69) is 32.7 Å². The molecule has 0 spiro atoms. The molecule has 90 valence electrons. The van der Waals surface area contributed by atoms with E-state index in [4.69, 9.17) is 10.5 Å². The third-order valence-corrected chi connectivity index (χ3v) is 4.28. The highest BCUT2D eigenvalue weighted by Crippen LogP contribution is 2.29. The second-order valence-electron chi connectivity index (χ2n) is 4.68. The van der Waals surface area contributed by atoms with Crippen LogP contribution in [0, 0.1) is 0 Å². The van der Waals surface area contributed by atoms with Crippen molar-refractivity contribution in [3.05, 3.63) is 0 Å². The smallest absolute Gasteiger partial charge is 0.0703 e. The summed E-state index contributed by atoms with van der Waals surface area (Å²) in [6.07, 6.45) is 3.71. The Bertz CT molecular complexity index is 184. The first-order valence-electron chi connectivity index (χ1n) is 6.16. The van der Waals surface area contributed by atoms with Gasteiger partial charge in [-0.3, -0.25) is 4.90 Å². The third-order valence-electron chi connectivity index (χ3n) is 4.28. The number of ether oxygens (including phenoxy) is 1. The largest absolute Gasteiger partial charge is 0.377 e. The van der Waals surface area contributed by atoms with Gasteiger partial charge in [-0.1, -0.05) is 13.8 Å². The molecule has 1 aliphatic heterocycles. The zero-order valence-electron chi connectivity index (χ0n) is 10.6. The Hall–Kier alpha value is -0.120. The van der Waals surface area contributed by atoms with Gasteiger partial charge in [0, 0.05) is 24.7 Å². The van der Waals surface area contributed by atoms with Crippen LogP contribution in [-0.2, 0) is 4.74 Å². The second kappa shape index (κ2) is 5.28. The van der Waals surface area contributed by atoms with Crippen molar-refractivity contribution in [2.75, 3.05) is 20.2 Å². The molecule has 0 aromatic carbocycles. The number of nitrogens with zero attached hydrogens (tertiary/aromatic N) is 1. The first-order valence-corrected chi connectivity index (χ1v) is 6.16. The van der Waals surface area contributed by atoms with E-state index < -0.39 is 0 Å². The average molecular weight is 214 g/mol. The number of hydrogen-bond donors (Lipinski definition) is 1. The monoisotopic (exact) mass is 214 g/mol. The number of nitrogens with two attached hydrogens (primary N) is 1. The van der Waals surface area contributed by atoms with Gasteiger partial charge >= 0.3 is 0 Å². The molecular formula is C12H26N2O. The van der Waals surface area contributed by atoms with E-state index in [1.54, 1.807) is 0 Å². The van der Waals surface area contributed by atoms with E-state index in [-0.39, 0.29) is 5.54 Å². The van der Waals surface area contributed by atoms with Crippen molar-refractivity contribution in [1.29, 1.82) is 0 Å². The summed E-state index contributed by atoms with van der Waals surface area (Å²) in [6.45, 7) is 8.26. The highest BCUT2D eigenvalue weighted by molar-refractivity contribution is 4.94. The van der Waals surface area contributed by atoms with Crippen molar-refractivity contribution in [1.82, 2.24) is 4.90 Å². The number of rotatable bonds is 5. The van der Waals surface area contributed by atoms with Gasteiger partial charge in [-0.15, -0.1) is 0 Å². The first kappa shape index (κ1) is 12.9. The van der Waals surface area contributed by atoms with Crippen LogP contribution in [0.1, 0.15) is 40.0 Å². The van der Waals surface area contributed by atoms with E-state index in [1.165, 1.54) is 0 Å². The van der Waals surface area contributed by atoms with E-state index in [0.29, 0.717) is 12.1 Å². The summed E-state index contributed by atoms with van der Waals surface area (Å²) in [5.41, 5.74) is 6.12. The highest BCUT2D eigenvalue weighted by atomic mass is 16.5. The predicted molar refractivity (Wildman–Crippen MR) is 63.9 cm³/mol. The maximum Gasteiger partial charge on any atom is 0.0703 e. The molecule has 1 saturated heterocycles. The summed E-state index contributed by atoms with van der Waals surface area (Å²) < 4.78 is 5.63. The zero-order chi connectivity index (χ0) is 11.5.